The van der Waals surface area contributed by atoms with Crippen molar-refractivity contribution in [2.75, 3.05) is 20.8 Å². The van der Waals surface area contributed by atoms with Gasteiger partial charge in [-0.15, -0.1) is 12.4 Å². The fraction of sp³-hybridized carbons (Fsp3) is 0.333. The van der Waals surface area contributed by atoms with Gasteiger partial charge in [-0.2, -0.15) is 4.72 Å². The summed E-state index contributed by atoms with van der Waals surface area (Å²) < 4.78 is 37.8. The predicted octanol–water partition coefficient (Wildman–Crippen LogP) is 1.17. The number of fused-ring (bicyclic) bond motifs is 1. The summed E-state index contributed by atoms with van der Waals surface area (Å²) >= 11 is 0. The molecule has 0 aliphatic rings. The Morgan fingerprint density at radius 3 is 2.35 bits per heavy atom. The molecule has 0 amide bonds. The number of nitrogens with two attached hydrogens (primary N) is 2. The minimum absolute atomic E-state index is 0. The molecule has 0 radical (unpaired) electrons. The van der Waals surface area contributed by atoms with Crippen LogP contribution >= 0.6 is 12.4 Å². The maximum atomic E-state index is 12.8. The second-order valence-electron chi connectivity index (χ2n) is 6.02. The lowest BCUT2D eigenvalue weighted by Crippen LogP contribution is -2.41. The Labute approximate surface area is 186 Å². The van der Waals surface area contributed by atoms with E-state index < -0.39 is 22.0 Å². The van der Waals surface area contributed by atoms with E-state index in [9.17, 15) is 13.2 Å². The van der Waals surface area contributed by atoms with Crippen molar-refractivity contribution in [3.63, 3.8) is 0 Å². The van der Waals surface area contributed by atoms with Crippen LogP contribution in [0.15, 0.2) is 46.3 Å². The molecule has 0 saturated heterocycles. The number of nitrogens with zero attached hydrogens (tertiary/aromatic N) is 3. The highest BCUT2D eigenvalue weighted by Gasteiger charge is 2.26. The van der Waals surface area contributed by atoms with Crippen LogP contribution in [-0.2, 0) is 19.6 Å². The molecule has 13 heteroatoms. The van der Waals surface area contributed by atoms with Crippen LogP contribution in [0.5, 0.6) is 5.75 Å². The predicted molar refractivity (Wildman–Crippen MR) is 117 cm³/mol. The number of rotatable bonds is 9. The summed E-state index contributed by atoms with van der Waals surface area (Å²) in [6, 6.07) is 9.00. The average Bonchev–Trinajstić information content (AvgIpc) is 2.75. The van der Waals surface area contributed by atoms with Crippen LogP contribution < -0.4 is 20.9 Å². The maximum absolute atomic E-state index is 12.8. The number of halogens is 1. The van der Waals surface area contributed by atoms with Crippen molar-refractivity contribution in [3.05, 3.63) is 36.4 Å². The van der Waals surface area contributed by atoms with E-state index in [-0.39, 0.29) is 36.2 Å². The largest absolute Gasteiger partial charge is 0.497 e. The van der Waals surface area contributed by atoms with E-state index in [0.717, 1.165) is 5.39 Å². The molecule has 170 valence electrons. The van der Waals surface area contributed by atoms with Crippen molar-refractivity contribution < 1.29 is 22.7 Å². The van der Waals surface area contributed by atoms with Gasteiger partial charge >= 0.3 is 5.97 Å². The minimum Gasteiger partial charge on any atom is -0.497 e. The molecule has 2 aromatic carbocycles. The van der Waals surface area contributed by atoms with Gasteiger partial charge < -0.3 is 20.9 Å². The van der Waals surface area contributed by atoms with Gasteiger partial charge in [0.25, 0.3) is 0 Å². The number of carbonyl (C=O) groups excluding carboxylic acids is 1. The molecule has 0 aliphatic carbocycles. The lowest BCUT2D eigenvalue weighted by Gasteiger charge is -2.16. The molecule has 0 saturated carbocycles. The molecule has 31 heavy (non-hydrogen) atoms. The summed E-state index contributed by atoms with van der Waals surface area (Å²) in [7, 11) is -1.23. The topological polar surface area (TPSA) is 194 Å². The standard InChI is InChI=1S/C18H24N4O5S.ClH.N2/c1-26-14-7-5-12-6-8-15(11-13(12)10-14)28(24,25)22-16(17(23)27-2)4-3-9-21-18(19)20;;1-2/h5-8,10-11,16,22H,3-4,9H2,1-2H3,(H4,19,20,21);1H;/t16-;;/m0../s1. The van der Waals surface area contributed by atoms with Gasteiger partial charge in [-0.05, 0) is 47.9 Å². The van der Waals surface area contributed by atoms with Gasteiger partial charge in [-0.3, -0.25) is 9.79 Å². The second-order valence-corrected chi connectivity index (χ2v) is 7.73. The van der Waals surface area contributed by atoms with Crippen LogP contribution in [0.1, 0.15) is 12.8 Å². The van der Waals surface area contributed by atoms with Crippen molar-refractivity contribution in [2.45, 2.75) is 23.8 Å². The number of benzene rings is 2. The number of hydrogen-bond donors (Lipinski definition) is 3. The van der Waals surface area contributed by atoms with Crippen LogP contribution in [0, 0.1) is 10.8 Å². The Hall–Kier alpha value is -3.14. The fourth-order valence-corrected chi connectivity index (χ4v) is 3.88. The van der Waals surface area contributed by atoms with Gasteiger partial charge in [0.05, 0.1) is 19.1 Å². The van der Waals surface area contributed by atoms with Crippen LogP contribution in [0.4, 0.5) is 0 Å². The summed E-state index contributed by atoms with van der Waals surface area (Å²) in [4.78, 5) is 15.8. The number of esters is 1. The number of nitrogens with one attached hydrogen (secondary N) is 1. The maximum Gasteiger partial charge on any atom is 0.323 e. The Bertz CT molecular complexity index is 1020. The van der Waals surface area contributed by atoms with Crippen molar-refractivity contribution in [2.24, 2.45) is 16.5 Å². The second kappa shape index (κ2) is 13.2. The fourth-order valence-electron chi connectivity index (χ4n) is 2.62. The van der Waals surface area contributed by atoms with Gasteiger partial charge in [0.2, 0.25) is 10.0 Å². The summed E-state index contributed by atoms with van der Waals surface area (Å²) in [6.07, 6.45) is 0.583. The van der Waals surface area contributed by atoms with E-state index in [4.69, 9.17) is 31.7 Å². The van der Waals surface area contributed by atoms with Gasteiger partial charge in [0, 0.05) is 17.3 Å². The molecule has 2 rings (SSSR count). The number of aliphatic imine (C=N–C) groups is 1. The van der Waals surface area contributed by atoms with E-state index in [2.05, 4.69) is 9.71 Å². The molecule has 0 aromatic heterocycles. The Morgan fingerprint density at radius 2 is 1.77 bits per heavy atom. The number of carbonyl (C=O) groups is 1. The first kappa shape index (κ1) is 27.9. The highest BCUT2D eigenvalue weighted by atomic mass is 35.5. The number of methoxy groups -OCH3 is 2. The molecule has 0 spiro atoms. The molecule has 0 aliphatic heterocycles. The van der Waals surface area contributed by atoms with E-state index in [0.29, 0.717) is 17.6 Å². The highest BCUT2D eigenvalue weighted by molar-refractivity contribution is 7.89. The molecule has 0 unspecified atom stereocenters. The third-order valence-electron chi connectivity index (χ3n) is 4.06. The van der Waals surface area contributed by atoms with Crippen molar-refractivity contribution in [1.82, 2.24) is 4.72 Å². The smallest absolute Gasteiger partial charge is 0.323 e. The van der Waals surface area contributed by atoms with Crippen LogP contribution in [0.2, 0.25) is 0 Å². The number of hydrogen-bond acceptors (Lipinski definition) is 8. The van der Waals surface area contributed by atoms with Crippen LogP contribution in [0.3, 0.4) is 0 Å². The average molecular weight is 473 g/mol. The summed E-state index contributed by atoms with van der Waals surface area (Å²) in [5.74, 6) is -0.139. The normalized spacial score (nSPS) is 11.2. The Kier molecular flexibility index (Phi) is 11.9. The third kappa shape index (κ3) is 8.25. The summed E-state index contributed by atoms with van der Waals surface area (Å²) in [5, 5.41) is 13.6. The van der Waals surface area contributed by atoms with E-state index >= 15 is 0 Å². The van der Waals surface area contributed by atoms with Crippen molar-refractivity contribution >= 4 is 45.1 Å². The van der Waals surface area contributed by atoms with Gasteiger partial charge in [0.1, 0.15) is 11.8 Å². The molecule has 5 N–H and O–H groups in total. The first-order valence-electron chi connectivity index (χ1n) is 8.70. The van der Waals surface area contributed by atoms with E-state index in [1.165, 1.54) is 26.4 Å². The molecular formula is C18H25ClN6O5S. The first-order valence-corrected chi connectivity index (χ1v) is 10.2. The van der Waals surface area contributed by atoms with Crippen molar-refractivity contribution in [1.29, 1.82) is 10.8 Å². The minimum atomic E-state index is -3.96. The Balaban J connectivity index is 0.00000291. The monoisotopic (exact) mass is 472 g/mol. The first-order chi connectivity index (χ1) is 14.3. The van der Waals surface area contributed by atoms with Crippen LogP contribution in [-0.4, -0.2) is 47.2 Å². The zero-order valence-corrected chi connectivity index (χ0v) is 18.6. The highest BCUT2D eigenvalue weighted by Crippen LogP contribution is 2.24. The van der Waals surface area contributed by atoms with Crippen molar-refractivity contribution in [3.8, 4) is 5.75 Å². The zero-order chi connectivity index (χ0) is 22.7. The van der Waals surface area contributed by atoms with Crippen LogP contribution in [0.25, 0.3) is 10.8 Å². The van der Waals surface area contributed by atoms with E-state index in [1.807, 2.05) is 6.07 Å². The molecular weight excluding hydrogens is 448 g/mol. The molecule has 1 atom stereocenters. The molecule has 11 nitrogen and oxygen atoms in total. The zero-order valence-electron chi connectivity index (χ0n) is 17.0. The van der Waals surface area contributed by atoms with Gasteiger partial charge in [-0.25, -0.2) is 8.42 Å². The number of guanidine groups is 1. The lowest BCUT2D eigenvalue weighted by atomic mass is 10.1. The Morgan fingerprint density at radius 1 is 1.13 bits per heavy atom. The van der Waals surface area contributed by atoms with Gasteiger partial charge in [-0.1, -0.05) is 12.1 Å². The summed E-state index contributed by atoms with van der Waals surface area (Å²) in [5.41, 5.74) is 10.5. The molecule has 0 fully saturated rings. The lowest BCUT2D eigenvalue weighted by molar-refractivity contribution is -0.142. The number of ether oxygens (including phenoxy) is 2. The quantitative estimate of drug-likeness (QED) is 0.158. The molecule has 0 bridgehead atoms. The van der Waals surface area contributed by atoms with E-state index in [1.54, 1.807) is 18.2 Å². The molecule has 0 heterocycles. The number of sulfonamides is 1. The molecule has 2 aromatic rings. The summed E-state index contributed by atoms with van der Waals surface area (Å²) in [6.45, 7) is 0.271. The SMILES string of the molecule is COC(=O)[C@H](CCCN=C(N)N)NS(=O)(=O)c1ccc2ccc(OC)cc2c1.Cl.N#N. The third-order valence-corrected chi connectivity index (χ3v) is 5.53. The van der Waals surface area contributed by atoms with Gasteiger partial charge in [0.15, 0.2) is 5.96 Å².